The summed E-state index contributed by atoms with van der Waals surface area (Å²) in [6, 6.07) is 0. The minimum Gasteiger partial charge on any atom is -0.390 e. The molecule has 2 fully saturated rings. The van der Waals surface area contributed by atoms with Crippen LogP contribution in [0.1, 0.15) is 64.7 Å². The molecule has 82 valence electrons. The third-order valence-electron chi connectivity index (χ3n) is 4.22. The third-order valence-corrected chi connectivity index (χ3v) is 4.22. The van der Waals surface area contributed by atoms with Crippen LogP contribution in [-0.4, -0.2) is 10.7 Å². The lowest BCUT2D eigenvalue weighted by Crippen LogP contribution is -2.28. The van der Waals surface area contributed by atoms with Crippen LogP contribution in [0.2, 0.25) is 0 Å². The van der Waals surface area contributed by atoms with Crippen LogP contribution in [0.15, 0.2) is 0 Å². The Morgan fingerprint density at radius 2 is 1.86 bits per heavy atom. The largest absolute Gasteiger partial charge is 0.390 e. The molecule has 0 bridgehead atoms. The van der Waals surface area contributed by atoms with E-state index < -0.39 is 0 Å². The van der Waals surface area contributed by atoms with Crippen molar-refractivity contribution in [3.05, 3.63) is 0 Å². The van der Waals surface area contributed by atoms with Gasteiger partial charge in [0.15, 0.2) is 0 Å². The molecule has 2 aliphatic rings. The third kappa shape index (κ3) is 2.73. The van der Waals surface area contributed by atoms with Gasteiger partial charge < -0.3 is 5.11 Å². The van der Waals surface area contributed by atoms with Crippen molar-refractivity contribution >= 4 is 0 Å². The van der Waals surface area contributed by atoms with Crippen LogP contribution in [-0.2, 0) is 0 Å². The molecule has 1 N–H and O–H groups in total. The Balaban J connectivity index is 1.85. The summed E-state index contributed by atoms with van der Waals surface area (Å²) in [5.74, 6) is 1.77. The van der Waals surface area contributed by atoms with Gasteiger partial charge in [0, 0.05) is 0 Å². The number of rotatable bonds is 3. The summed E-state index contributed by atoms with van der Waals surface area (Å²) in [6.45, 7) is 2.29. The van der Waals surface area contributed by atoms with E-state index in [2.05, 4.69) is 6.92 Å². The monoisotopic (exact) mass is 196 g/mol. The molecule has 2 saturated carbocycles. The maximum atomic E-state index is 10.5. The van der Waals surface area contributed by atoms with Gasteiger partial charge in [-0.1, -0.05) is 39.0 Å². The van der Waals surface area contributed by atoms with Gasteiger partial charge in [-0.2, -0.15) is 0 Å². The summed E-state index contributed by atoms with van der Waals surface area (Å²) < 4.78 is 0. The molecule has 0 spiro atoms. The number of hydrogen-bond donors (Lipinski definition) is 1. The van der Waals surface area contributed by atoms with Gasteiger partial charge in [-0.25, -0.2) is 0 Å². The molecule has 14 heavy (non-hydrogen) atoms. The molecular weight excluding hydrogens is 172 g/mol. The smallest absolute Gasteiger partial charge is 0.0650 e. The lowest BCUT2D eigenvalue weighted by Gasteiger charge is -2.26. The molecule has 0 aliphatic heterocycles. The van der Waals surface area contributed by atoms with E-state index in [-0.39, 0.29) is 5.60 Å². The highest BCUT2D eigenvalue weighted by molar-refractivity contribution is 4.89. The predicted octanol–water partition coefficient (Wildman–Crippen LogP) is 3.51. The molecule has 1 nitrogen and oxygen atoms in total. The minimum atomic E-state index is -0.273. The fraction of sp³-hybridized carbons (Fsp3) is 1.00. The first-order chi connectivity index (χ1) is 6.72. The van der Waals surface area contributed by atoms with Gasteiger partial charge in [-0.3, -0.25) is 0 Å². The highest BCUT2D eigenvalue weighted by Gasteiger charge is 2.36. The summed E-state index contributed by atoms with van der Waals surface area (Å²) in [6.07, 6.45) is 11.2. The van der Waals surface area contributed by atoms with Crippen LogP contribution >= 0.6 is 0 Å². The molecule has 0 amide bonds. The van der Waals surface area contributed by atoms with Crippen molar-refractivity contribution < 1.29 is 5.11 Å². The Labute approximate surface area is 87.9 Å². The molecule has 0 radical (unpaired) electrons. The fourth-order valence-corrected chi connectivity index (χ4v) is 2.93. The van der Waals surface area contributed by atoms with Crippen LogP contribution < -0.4 is 0 Å². The Morgan fingerprint density at radius 3 is 2.50 bits per heavy atom. The van der Waals surface area contributed by atoms with E-state index in [1.54, 1.807) is 0 Å². The molecule has 0 heterocycles. The first kappa shape index (κ1) is 10.5. The van der Waals surface area contributed by atoms with Crippen molar-refractivity contribution in [3.8, 4) is 0 Å². The molecule has 2 unspecified atom stereocenters. The molecule has 0 aromatic rings. The van der Waals surface area contributed by atoms with Crippen LogP contribution in [0.25, 0.3) is 0 Å². The summed E-state index contributed by atoms with van der Waals surface area (Å²) in [5.41, 5.74) is -0.273. The highest BCUT2D eigenvalue weighted by atomic mass is 16.3. The average molecular weight is 196 g/mol. The van der Waals surface area contributed by atoms with Gasteiger partial charge in [0.1, 0.15) is 0 Å². The number of hydrogen-bond acceptors (Lipinski definition) is 1. The summed E-state index contributed by atoms with van der Waals surface area (Å²) in [4.78, 5) is 0. The van der Waals surface area contributed by atoms with E-state index in [1.807, 2.05) is 0 Å². The van der Waals surface area contributed by atoms with Gasteiger partial charge in [0.25, 0.3) is 0 Å². The van der Waals surface area contributed by atoms with E-state index in [1.165, 1.54) is 38.5 Å². The normalized spacial score (nSPS) is 39.4. The molecule has 0 saturated heterocycles. The predicted molar refractivity (Wildman–Crippen MR) is 59.2 cm³/mol. The van der Waals surface area contributed by atoms with E-state index in [0.29, 0.717) is 0 Å². The Kier molecular flexibility index (Phi) is 3.16. The van der Waals surface area contributed by atoms with E-state index in [9.17, 15) is 5.11 Å². The Bertz CT molecular complexity index is 186. The zero-order chi connectivity index (χ0) is 10.0. The fourth-order valence-electron chi connectivity index (χ4n) is 2.93. The standard InChI is InChI=1S/C13H24O/c1-2-11-4-3-8-13(14,9-7-11)10-12-5-6-12/h11-12,14H,2-10H2,1H3. The Morgan fingerprint density at radius 1 is 1.07 bits per heavy atom. The molecule has 0 aromatic carbocycles. The van der Waals surface area contributed by atoms with Crippen molar-refractivity contribution in [2.45, 2.75) is 70.3 Å². The molecule has 2 rings (SSSR count). The maximum absolute atomic E-state index is 10.5. The van der Waals surface area contributed by atoms with Crippen LogP contribution in [0.5, 0.6) is 0 Å². The second-order valence-corrected chi connectivity index (χ2v) is 5.58. The van der Waals surface area contributed by atoms with E-state index in [4.69, 9.17) is 0 Å². The van der Waals surface area contributed by atoms with Crippen molar-refractivity contribution in [1.29, 1.82) is 0 Å². The molecular formula is C13H24O. The zero-order valence-corrected chi connectivity index (χ0v) is 9.47. The lowest BCUT2D eigenvalue weighted by atomic mass is 9.88. The highest BCUT2D eigenvalue weighted by Crippen LogP contribution is 2.42. The Hall–Kier alpha value is -0.0400. The van der Waals surface area contributed by atoms with Gasteiger partial charge in [-0.05, 0) is 37.5 Å². The van der Waals surface area contributed by atoms with Crippen molar-refractivity contribution in [1.82, 2.24) is 0 Å². The average Bonchev–Trinajstić information content (AvgIpc) is 2.95. The quantitative estimate of drug-likeness (QED) is 0.685. The van der Waals surface area contributed by atoms with Crippen molar-refractivity contribution in [2.75, 3.05) is 0 Å². The molecule has 1 heteroatoms. The van der Waals surface area contributed by atoms with Gasteiger partial charge in [-0.15, -0.1) is 0 Å². The van der Waals surface area contributed by atoms with E-state index in [0.717, 1.165) is 31.1 Å². The topological polar surface area (TPSA) is 20.2 Å². The summed E-state index contributed by atoms with van der Waals surface area (Å²) in [7, 11) is 0. The second-order valence-electron chi connectivity index (χ2n) is 5.58. The molecule has 2 atom stereocenters. The van der Waals surface area contributed by atoms with Crippen LogP contribution in [0.4, 0.5) is 0 Å². The zero-order valence-electron chi connectivity index (χ0n) is 9.47. The van der Waals surface area contributed by atoms with E-state index >= 15 is 0 Å². The second kappa shape index (κ2) is 4.22. The number of aliphatic hydroxyl groups is 1. The van der Waals surface area contributed by atoms with Gasteiger partial charge in [0.2, 0.25) is 0 Å². The SMILES string of the molecule is CCC1CCCC(O)(CC2CC2)CC1. The molecule has 2 aliphatic carbocycles. The maximum Gasteiger partial charge on any atom is 0.0650 e. The lowest BCUT2D eigenvalue weighted by molar-refractivity contribution is 0.0102. The van der Waals surface area contributed by atoms with Crippen LogP contribution in [0, 0.1) is 11.8 Å². The minimum absolute atomic E-state index is 0.273. The van der Waals surface area contributed by atoms with Crippen molar-refractivity contribution in [2.24, 2.45) is 11.8 Å². The first-order valence-electron chi connectivity index (χ1n) is 6.44. The van der Waals surface area contributed by atoms with Crippen LogP contribution in [0.3, 0.4) is 0 Å². The van der Waals surface area contributed by atoms with Crippen molar-refractivity contribution in [3.63, 3.8) is 0 Å². The van der Waals surface area contributed by atoms with Gasteiger partial charge >= 0.3 is 0 Å². The first-order valence-corrected chi connectivity index (χ1v) is 6.44. The molecule has 0 aromatic heterocycles. The van der Waals surface area contributed by atoms with Gasteiger partial charge in [0.05, 0.1) is 5.60 Å². The summed E-state index contributed by atoms with van der Waals surface area (Å²) >= 11 is 0. The summed E-state index contributed by atoms with van der Waals surface area (Å²) in [5, 5.41) is 10.5.